The molecule has 0 radical (unpaired) electrons. The second-order valence-electron chi connectivity index (χ2n) is 9.16. The number of aromatic nitrogens is 6. The predicted molar refractivity (Wildman–Crippen MR) is 144 cm³/mol. The van der Waals surface area contributed by atoms with Crippen LogP contribution in [-0.4, -0.2) is 49.4 Å². The molecule has 0 aliphatic carbocycles. The average molecular weight is 602 g/mol. The number of carbonyl (C=O) groups excluding carboxylic acids is 1. The monoisotopic (exact) mass is 601 g/mol. The van der Waals surface area contributed by atoms with Crippen molar-refractivity contribution in [1.82, 2.24) is 29.3 Å². The third-order valence-electron chi connectivity index (χ3n) is 6.45. The van der Waals surface area contributed by atoms with Gasteiger partial charge in [-0.3, -0.25) is 19.0 Å². The normalized spacial score (nSPS) is 11.5. The number of nitrogens with zero attached hydrogens (tertiary/aromatic N) is 5. The van der Waals surface area contributed by atoms with Crippen LogP contribution >= 0.6 is 0 Å². The lowest BCUT2D eigenvalue weighted by molar-refractivity contribution is -0.137. The maximum Gasteiger partial charge on any atom is 0.416 e. The molecule has 224 valence electrons. The summed E-state index contributed by atoms with van der Waals surface area (Å²) >= 11 is 0. The van der Waals surface area contributed by atoms with E-state index in [9.17, 15) is 22.8 Å². The number of methoxy groups -OCH3 is 2. The largest absolute Gasteiger partial charge is 0.493 e. The van der Waals surface area contributed by atoms with E-state index in [4.69, 9.17) is 14.2 Å². The number of alkyl halides is 3. The highest BCUT2D eigenvalue weighted by Crippen LogP contribution is 2.41. The van der Waals surface area contributed by atoms with Crippen LogP contribution in [0, 0.1) is 5.82 Å². The van der Waals surface area contributed by atoms with E-state index in [1.807, 2.05) is 0 Å². The smallest absolute Gasteiger partial charge is 0.416 e. The number of ether oxygens (including phenoxy) is 3. The number of benzene rings is 2. The van der Waals surface area contributed by atoms with Gasteiger partial charge in [0, 0.05) is 18.7 Å². The summed E-state index contributed by atoms with van der Waals surface area (Å²) in [5.74, 6) is -1.44. The van der Waals surface area contributed by atoms with E-state index in [0.29, 0.717) is 11.7 Å². The molecule has 43 heavy (non-hydrogen) atoms. The Balaban J connectivity index is 1.59. The van der Waals surface area contributed by atoms with E-state index >= 15 is 4.39 Å². The molecular weight excluding hydrogens is 578 g/mol. The van der Waals surface area contributed by atoms with Gasteiger partial charge in [-0.1, -0.05) is 0 Å². The van der Waals surface area contributed by atoms with E-state index in [-0.39, 0.29) is 46.0 Å². The maximum absolute atomic E-state index is 15.3. The molecule has 3 aromatic heterocycles. The Morgan fingerprint density at radius 1 is 1.09 bits per heavy atom. The van der Waals surface area contributed by atoms with Crippen LogP contribution < -0.4 is 25.2 Å². The van der Waals surface area contributed by atoms with Crippen LogP contribution in [0.3, 0.4) is 0 Å². The lowest BCUT2D eigenvalue weighted by Crippen LogP contribution is -2.28. The molecule has 2 N–H and O–H groups in total. The first-order chi connectivity index (χ1) is 20.5. The van der Waals surface area contributed by atoms with Crippen molar-refractivity contribution in [3.63, 3.8) is 0 Å². The molecule has 0 saturated carbocycles. The number of hydrogen-bond donors (Lipinski definition) is 2. The van der Waals surface area contributed by atoms with E-state index in [0.717, 1.165) is 27.3 Å². The van der Waals surface area contributed by atoms with E-state index in [1.165, 1.54) is 52.0 Å². The highest BCUT2D eigenvalue weighted by Gasteiger charge is 2.33. The topological polar surface area (TPSA) is 138 Å². The van der Waals surface area contributed by atoms with Crippen molar-refractivity contribution in [3.8, 4) is 28.5 Å². The third kappa shape index (κ3) is 5.84. The second kappa shape index (κ2) is 11.5. The zero-order valence-electron chi connectivity index (χ0n) is 22.8. The van der Waals surface area contributed by atoms with Crippen molar-refractivity contribution in [1.29, 1.82) is 0 Å². The first-order valence-corrected chi connectivity index (χ1v) is 12.5. The third-order valence-corrected chi connectivity index (χ3v) is 6.45. The number of carbonyl (C=O) groups is 1. The summed E-state index contributed by atoms with van der Waals surface area (Å²) in [5.41, 5.74) is -1.90. The molecule has 2 aromatic carbocycles. The van der Waals surface area contributed by atoms with Crippen LogP contribution in [0.25, 0.3) is 22.2 Å². The summed E-state index contributed by atoms with van der Waals surface area (Å²) in [6.07, 6.45) is -2.27. The molecule has 16 heteroatoms. The first kappa shape index (κ1) is 29.1. The molecule has 12 nitrogen and oxygen atoms in total. The minimum Gasteiger partial charge on any atom is -0.493 e. The first-order valence-electron chi connectivity index (χ1n) is 12.5. The number of fused-ring (bicyclic) bond motifs is 1. The average Bonchev–Trinajstić information content (AvgIpc) is 3.58. The van der Waals surface area contributed by atoms with Gasteiger partial charge in [0.2, 0.25) is 11.8 Å². The Morgan fingerprint density at radius 2 is 1.88 bits per heavy atom. The number of pyridine rings is 1. The molecule has 0 atom stereocenters. The number of imidazole rings is 1. The zero-order chi connectivity index (χ0) is 30.9. The van der Waals surface area contributed by atoms with Gasteiger partial charge in [-0.2, -0.15) is 18.3 Å². The molecule has 0 bridgehead atoms. The van der Waals surface area contributed by atoms with Gasteiger partial charge in [0.15, 0.2) is 23.1 Å². The lowest BCUT2D eigenvalue weighted by Gasteiger charge is -2.15. The molecule has 1 amide bonds. The lowest BCUT2D eigenvalue weighted by atomic mass is 9.99. The minimum atomic E-state index is -4.83. The number of hydrogen-bond acceptors (Lipinski definition) is 8. The minimum absolute atomic E-state index is 0.0287. The van der Waals surface area contributed by atoms with Crippen molar-refractivity contribution in [2.24, 2.45) is 7.05 Å². The number of anilines is 1. The SMILES string of the molecule is COc1ccc(NC(=O)Cn2c(=O)n(C)c3c(-c4cc(F)c(OCc5ncn[nH]5)c(OC)c4)cc(C(F)(F)F)cc32)cn1. The maximum atomic E-state index is 15.3. The summed E-state index contributed by atoms with van der Waals surface area (Å²) < 4.78 is 75.3. The Morgan fingerprint density at radius 3 is 2.51 bits per heavy atom. The Kier molecular flexibility index (Phi) is 7.76. The fraction of sp³-hybridized carbons (Fsp3) is 0.222. The van der Waals surface area contributed by atoms with Crippen LogP contribution in [0.15, 0.2) is 53.7 Å². The van der Waals surface area contributed by atoms with E-state index in [2.05, 4.69) is 25.5 Å². The summed E-state index contributed by atoms with van der Waals surface area (Å²) in [6.45, 7) is -0.804. The van der Waals surface area contributed by atoms with Crippen molar-refractivity contribution < 1.29 is 36.6 Å². The van der Waals surface area contributed by atoms with Crippen molar-refractivity contribution in [2.75, 3.05) is 19.5 Å². The summed E-state index contributed by atoms with van der Waals surface area (Å²) in [4.78, 5) is 33.9. The number of aryl methyl sites for hydroxylation is 1. The molecule has 0 saturated heterocycles. The van der Waals surface area contributed by atoms with Crippen molar-refractivity contribution in [3.05, 3.63) is 76.6 Å². The number of aromatic amines is 1. The Labute approximate surface area is 239 Å². The van der Waals surface area contributed by atoms with Gasteiger partial charge < -0.3 is 19.5 Å². The molecule has 5 aromatic rings. The van der Waals surface area contributed by atoms with Gasteiger partial charge in [0.25, 0.3) is 0 Å². The quantitative estimate of drug-likeness (QED) is 0.243. The van der Waals surface area contributed by atoms with Gasteiger partial charge in [-0.05, 0) is 35.9 Å². The van der Waals surface area contributed by atoms with Gasteiger partial charge in [0.1, 0.15) is 19.5 Å². The Hall–Kier alpha value is -5.41. The van der Waals surface area contributed by atoms with Crippen LogP contribution in [0.2, 0.25) is 0 Å². The number of nitrogens with one attached hydrogen (secondary N) is 2. The van der Waals surface area contributed by atoms with Gasteiger partial charge in [-0.15, -0.1) is 0 Å². The van der Waals surface area contributed by atoms with Crippen LogP contribution in [0.1, 0.15) is 11.4 Å². The molecular formula is C27H23F4N7O5. The fourth-order valence-electron chi connectivity index (χ4n) is 4.47. The predicted octanol–water partition coefficient (Wildman–Crippen LogP) is 3.91. The number of amides is 1. The summed E-state index contributed by atoms with van der Waals surface area (Å²) in [6, 6.07) is 6.84. The molecule has 0 unspecified atom stereocenters. The molecule has 0 aliphatic heterocycles. The standard InChI is InChI=1S/C27H23F4N7O5/c1-37-24-17(14-6-18(28)25(20(7-14)41-2)43-12-21-33-13-34-36-21)8-15(27(29,30)31)9-19(24)38(26(37)40)11-22(39)35-16-4-5-23(42-3)32-10-16/h4-10,13H,11-12H2,1-3H3,(H,35,39)(H,33,34,36). The Bertz CT molecular complexity index is 1850. The summed E-state index contributed by atoms with van der Waals surface area (Å²) in [7, 11) is 4.00. The van der Waals surface area contributed by atoms with E-state index < -0.39 is 35.7 Å². The van der Waals surface area contributed by atoms with Crippen LogP contribution in [-0.2, 0) is 31.2 Å². The molecule has 0 fully saturated rings. The number of H-pyrrole nitrogens is 1. The molecule has 0 aliphatic rings. The van der Waals surface area contributed by atoms with E-state index in [1.54, 1.807) is 0 Å². The number of rotatable bonds is 9. The van der Waals surface area contributed by atoms with Crippen molar-refractivity contribution in [2.45, 2.75) is 19.3 Å². The second-order valence-corrected chi connectivity index (χ2v) is 9.16. The molecule has 3 heterocycles. The highest BCUT2D eigenvalue weighted by atomic mass is 19.4. The van der Waals surface area contributed by atoms with Crippen LogP contribution in [0.4, 0.5) is 23.2 Å². The fourth-order valence-corrected chi connectivity index (χ4v) is 4.47. The summed E-state index contributed by atoms with van der Waals surface area (Å²) in [5, 5.41) is 8.78. The van der Waals surface area contributed by atoms with Gasteiger partial charge in [0.05, 0.1) is 42.7 Å². The van der Waals surface area contributed by atoms with Gasteiger partial charge >= 0.3 is 11.9 Å². The van der Waals surface area contributed by atoms with Gasteiger partial charge in [-0.25, -0.2) is 19.2 Å². The highest BCUT2D eigenvalue weighted by molar-refractivity contribution is 5.96. The molecule has 5 rings (SSSR count). The van der Waals surface area contributed by atoms with Crippen LogP contribution in [0.5, 0.6) is 17.4 Å². The van der Waals surface area contributed by atoms with Crippen molar-refractivity contribution >= 4 is 22.6 Å². The number of halogens is 4. The zero-order valence-corrected chi connectivity index (χ0v) is 22.8. The molecule has 0 spiro atoms.